The smallest absolute Gasteiger partial charge is 0.338 e. The zero-order valence-corrected chi connectivity index (χ0v) is 11.5. The highest BCUT2D eigenvalue weighted by Crippen LogP contribution is 2.11. The van der Waals surface area contributed by atoms with Gasteiger partial charge in [0, 0.05) is 6.04 Å². The number of ether oxygens (including phenoxy) is 1. The molecule has 5 nitrogen and oxygen atoms in total. The molecule has 1 aromatic carbocycles. The van der Waals surface area contributed by atoms with E-state index >= 15 is 0 Å². The first-order valence-electron chi connectivity index (χ1n) is 5.66. The Hall–Kier alpha value is -1.40. The molecule has 0 aliphatic rings. The number of hydrogen-bond donors (Lipinski definition) is 1. The molecular formula is C12H17NO4S. The molecule has 0 aromatic heterocycles. The third kappa shape index (κ3) is 3.82. The van der Waals surface area contributed by atoms with E-state index in [1.807, 2.05) is 0 Å². The lowest BCUT2D eigenvalue weighted by atomic mass is 10.2. The van der Waals surface area contributed by atoms with Crippen LogP contribution in [0.1, 0.15) is 31.1 Å². The first-order valence-corrected chi connectivity index (χ1v) is 7.14. The van der Waals surface area contributed by atoms with Gasteiger partial charge in [-0.05, 0) is 45.0 Å². The van der Waals surface area contributed by atoms with Crippen LogP contribution in [0.3, 0.4) is 0 Å². The molecule has 0 saturated heterocycles. The van der Waals surface area contributed by atoms with Crippen LogP contribution in [0.15, 0.2) is 29.2 Å². The summed E-state index contributed by atoms with van der Waals surface area (Å²) in [4.78, 5) is 11.5. The molecule has 100 valence electrons. The molecule has 18 heavy (non-hydrogen) atoms. The van der Waals surface area contributed by atoms with Crippen molar-refractivity contribution in [3.8, 4) is 0 Å². The van der Waals surface area contributed by atoms with Crippen molar-refractivity contribution >= 4 is 16.0 Å². The Bertz CT molecular complexity index is 505. The number of hydrogen-bond acceptors (Lipinski definition) is 4. The van der Waals surface area contributed by atoms with Gasteiger partial charge in [-0.25, -0.2) is 17.9 Å². The molecule has 0 bridgehead atoms. The number of benzene rings is 1. The normalized spacial score (nSPS) is 11.6. The molecule has 0 radical (unpaired) electrons. The van der Waals surface area contributed by atoms with Crippen molar-refractivity contribution in [2.45, 2.75) is 31.7 Å². The van der Waals surface area contributed by atoms with E-state index in [0.717, 1.165) is 0 Å². The number of rotatable bonds is 5. The lowest BCUT2D eigenvalue weighted by molar-refractivity contribution is 0.0526. The molecular weight excluding hydrogens is 254 g/mol. The second-order valence-corrected chi connectivity index (χ2v) is 5.73. The number of carbonyl (C=O) groups excluding carboxylic acids is 1. The van der Waals surface area contributed by atoms with E-state index in [4.69, 9.17) is 4.74 Å². The van der Waals surface area contributed by atoms with Gasteiger partial charge in [-0.15, -0.1) is 0 Å². The fraction of sp³-hybridized carbons (Fsp3) is 0.417. The summed E-state index contributed by atoms with van der Waals surface area (Å²) in [6.07, 6.45) is 0. The van der Waals surface area contributed by atoms with E-state index < -0.39 is 16.0 Å². The van der Waals surface area contributed by atoms with Crippen molar-refractivity contribution in [2.24, 2.45) is 0 Å². The van der Waals surface area contributed by atoms with Gasteiger partial charge < -0.3 is 4.74 Å². The van der Waals surface area contributed by atoms with Crippen LogP contribution in [0.25, 0.3) is 0 Å². The third-order valence-electron chi connectivity index (χ3n) is 2.07. The van der Waals surface area contributed by atoms with Gasteiger partial charge in [0.25, 0.3) is 0 Å². The molecule has 1 rings (SSSR count). The SMILES string of the molecule is CCOC(=O)c1ccc(S(=O)(=O)NC(C)C)cc1. The second-order valence-electron chi connectivity index (χ2n) is 4.02. The summed E-state index contributed by atoms with van der Waals surface area (Å²) in [5.41, 5.74) is 0.334. The molecule has 6 heteroatoms. The first-order chi connectivity index (χ1) is 8.36. The van der Waals surface area contributed by atoms with Crippen LogP contribution in [0.5, 0.6) is 0 Å². The molecule has 0 aliphatic heterocycles. The number of sulfonamides is 1. The van der Waals surface area contributed by atoms with Crippen LogP contribution < -0.4 is 4.72 Å². The number of carbonyl (C=O) groups is 1. The van der Waals surface area contributed by atoms with Gasteiger partial charge >= 0.3 is 5.97 Å². The van der Waals surface area contributed by atoms with Gasteiger partial charge in [0.2, 0.25) is 10.0 Å². The number of esters is 1. The molecule has 1 N–H and O–H groups in total. The molecule has 0 spiro atoms. The highest BCUT2D eigenvalue weighted by Gasteiger charge is 2.16. The highest BCUT2D eigenvalue weighted by atomic mass is 32.2. The summed E-state index contributed by atoms with van der Waals surface area (Å²) in [5, 5.41) is 0. The predicted octanol–water partition coefficient (Wildman–Crippen LogP) is 1.55. The molecule has 0 fully saturated rings. The van der Waals surface area contributed by atoms with E-state index in [0.29, 0.717) is 5.56 Å². The highest BCUT2D eigenvalue weighted by molar-refractivity contribution is 7.89. The van der Waals surface area contributed by atoms with Crippen LogP contribution >= 0.6 is 0 Å². The largest absolute Gasteiger partial charge is 0.462 e. The van der Waals surface area contributed by atoms with Crippen LogP contribution in [-0.4, -0.2) is 27.0 Å². The summed E-state index contributed by atoms with van der Waals surface area (Å²) in [6, 6.07) is 5.47. The molecule has 1 aromatic rings. The molecule has 0 atom stereocenters. The van der Waals surface area contributed by atoms with Gasteiger partial charge in [0.15, 0.2) is 0 Å². The van der Waals surface area contributed by atoms with Crippen molar-refractivity contribution in [2.75, 3.05) is 6.61 Å². The molecule has 0 aliphatic carbocycles. The fourth-order valence-corrected chi connectivity index (χ4v) is 2.61. The van der Waals surface area contributed by atoms with Crippen LogP contribution in [0, 0.1) is 0 Å². The molecule has 0 unspecified atom stereocenters. The lowest BCUT2D eigenvalue weighted by Crippen LogP contribution is -2.30. The summed E-state index contributed by atoms with van der Waals surface area (Å²) >= 11 is 0. The molecule has 0 saturated carbocycles. The van der Waals surface area contributed by atoms with E-state index in [-0.39, 0.29) is 17.5 Å². The van der Waals surface area contributed by atoms with Crippen LogP contribution in [0.4, 0.5) is 0 Å². The van der Waals surface area contributed by atoms with Gasteiger partial charge in [-0.1, -0.05) is 0 Å². The van der Waals surface area contributed by atoms with Crippen molar-refractivity contribution < 1.29 is 17.9 Å². The Balaban J connectivity index is 2.92. The molecule has 0 amide bonds. The third-order valence-corrected chi connectivity index (χ3v) is 3.74. The second kappa shape index (κ2) is 5.97. The zero-order valence-electron chi connectivity index (χ0n) is 10.6. The summed E-state index contributed by atoms with van der Waals surface area (Å²) in [6.45, 7) is 5.48. The van der Waals surface area contributed by atoms with E-state index in [2.05, 4.69) is 4.72 Å². The van der Waals surface area contributed by atoms with E-state index in [1.165, 1.54) is 24.3 Å². The Morgan fingerprint density at radius 2 is 1.83 bits per heavy atom. The monoisotopic (exact) mass is 271 g/mol. The fourth-order valence-electron chi connectivity index (χ4n) is 1.36. The maximum Gasteiger partial charge on any atom is 0.338 e. The first kappa shape index (κ1) is 14.7. The molecule has 0 heterocycles. The topological polar surface area (TPSA) is 72.5 Å². The summed E-state index contributed by atoms with van der Waals surface area (Å²) in [5.74, 6) is -0.460. The minimum absolute atomic E-state index is 0.129. The van der Waals surface area contributed by atoms with Crippen molar-refractivity contribution in [3.63, 3.8) is 0 Å². The Morgan fingerprint density at radius 3 is 2.28 bits per heavy atom. The van der Waals surface area contributed by atoms with Crippen LogP contribution in [0.2, 0.25) is 0 Å². The Kier molecular flexibility index (Phi) is 4.86. The minimum atomic E-state index is -3.52. The van der Waals surface area contributed by atoms with Crippen molar-refractivity contribution in [3.05, 3.63) is 29.8 Å². The van der Waals surface area contributed by atoms with Gasteiger partial charge in [0.1, 0.15) is 0 Å². The maximum atomic E-state index is 11.8. The van der Waals surface area contributed by atoms with Gasteiger partial charge in [-0.3, -0.25) is 0 Å². The Morgan fingerprint density at radius 1 is 1.28 bits per heavy atom. The lowest BCUT2D eigenvalue weighted by Gasteiger charge is -2.09. The number of nitrogens with one attached hydrogen (secondary N) is 1. The predicted molar refractivity (Wildman–Crippen MR) is 67.9 cm³/mol. The summed E-state index contributed by atoms with van der Waals surface area (Å²) in [7, 11) is -3.52. The quantitative estimate of drug-likeness (QED) is 0.825. The van der Waals surface area contributed by atoms with E-state index in [1.54, 1.807) is 20.8 Å². The van der Waals surface area contributed by atoms with Crippen LogP contribution in [-0.2, 0) is 14.8 Å². The standard InChI is InChI=1S/C12H17NO4S/c1-4-17-12(14)10-5-7-11(8-6-10)18(15,16)13-9(2)3/h5-9,13H,4H2,1-3H3. The van der Waals surface area contributed by atoms with E-state index in [9.17, 15) is 13.2 Å². The Labute approximate surface area is 107 Å². The summed E-state index contributed by atoms with van der Waals surface area (Å²) < 4.78 is 30.9. The average molecular weight is 271 g/mol. The minimum Gasteiger partial charge on any atom is -0.462 e. The zero-order chi connectivity index (χ0) is 13.8. The van der Waals surface area contributed by atoms with Gasteiger partial charge in [-0.2, -0.15) is 0 Å². The van der Waals surface area contributed by atoms with Gasteiger partial charge in [0.05, 0.1) is 17.1 Å². The van der Waals surface area contributed by atoms with Crippen molar-refractivity contribution in [1.82, 2.24) is 4.72 Å². The maximum absolute atomic E-state index is 11.8. The van der Waals surface area contributed by atoms with Crippen molar-refractivity contribution in [1.29, 1.82) is 0 Å². The average Bonchev–Trinajstić information content (AvgIpc) is 2.28.